The van der Waals surface area contributed by atoms with Crippen LogP contribution in [0, 0.1) is 0 Å². The Bertz CT molecular complexity index is 1250. The summed E-state index contributed by atoms with van der Waals surface area (Å²) in [6.45, 7) is 8.18. The van der Waals surface area contributed by atoms with Gasteiger partial charge in [-0.05, 0) is 86.4 Å². The van der Waals surface area contributed by atoms with Crippen molar-refractivity contribution in [1.82, 2.24) is 0 Å². The van der Waals surface area contributed by atoms with Crippen molar-refractivity contribution in [2.45, 2.75) is 38.5 Å². The lowest BCUT2D eigenvalue weighted by Gasteiger charge is -2.15. The smallest absolute Gasteiger partial charge is 0.343 e. The van der Waals surface area contributed by atoms with E-state index in [9.17, 15) is 19.2 Å². The van der Waals surface area contributed by atoms with Crippen molar-refractivity contribution in [3.63, 3.8) is 0 Å². The summed E-state index contributed by atoms with van der Waals surface area (Å²) >= 11 is 0. The predicted molar refractivity (Wildman–Crippen MR) is 161 cm³/mol. The predicted octanol–water partition coefficient (Wildman–Crippen LogP) is 6.04. The SMILES string of the molecule is C=CC(=O)OCCCCOc1ccc(C(=O)OC2=CC=C(OC(=O)c3ccc(OCCCCOC(=O)C=C)cc3)CC2)cc1. The van der Waals surface area contributed by atoms with E-state index in [-0.39, 0.29) is 0 Å². The molecule has 2 aromatic rings. The van der Waals surface area contributed by atoms with Gasteiger partial charge in [-0.2, -0.15) is 0 Å². The number of ether oxygens (including phenoxy) is 6. The highest BCUT2D eigenvalue weighted by atomic mass is 16.5. The summed E-state index contributed by atoms with van der Waals surface area (Å²) < 4.78 is 32.1. The molecule has 1 aliphatic rings. The largest absolute Gasteiger partial charge is 0.494 e. The van der Waals surface area contributed by atoms with Crippen molar-refractivity contribution in [2.75, 3.05) is 26.4 Å². The molecule has 232 valence electrons. The third-order valence-electron chi connectivity index (χ3n) is 6.14. The third kappa shape index (κ3) is 12.0. The normalized spacial score (nSPS) is 12.1. The van der Waals surface area contributed by atoms with Gasteiger partial charge in [-0.15, -0.1) is 0 Å². The van der Waals surface area contributed by atoms with Gasteiger partial charge in [-0.1, -0.05) is 13.2 Å². The van der Waals surface area contributed by atoms with Crippen LogP contribution in [-0.2, 0) is 28.5 Å². The molecule has 0 radical (unpaired) electrons. The Balaban J connectivity index is 1.36. The van der Waals surface area contributed by atoms with Crippen LogP contribution in [0.5, 0.6) is 11.5 Å². The summed E-state index contributed by atoms with van der Waals surface area (Å²) in [5.41, 5.74) is 0.745. The molecule has 0 bridgehead atoms. The van der Waals surface area contributed by atoms with Crippen molar-refractivity contribution >= 4 is 23.9 Å². The quantitative estimate of drug-likeness (QED) is 0.0861. The van der Waals surface area contributed by atoms with Crippen LogP contribution in [0.1, 0.15) is 59.2 Å². The standard InChI is InChI=1S/C34H36O10/c1-3-31(35)41-23-7-5-21-39-27-13-9-25(10-14-27)33(37)43-29-17-19-30(20-18-29)44-34(38)26-11-15-28(16-12-26)40-22-6-8-24-42-32(36)4-2/h3-4,9-17,19H,1-2,5-8,18,20-24H2. The van der Waals surface area contributed by atoms with Gasteiger partial charge in [0.2, 0.25) is 0 Å². The fourth-order valence-electron chi connectivity index (χ4n) is 3.75. The Morgan fingerprint density at radius 1 is 0.568 bits per heavy atom. The molecule has 3 rings (SSSR count). The van der Waals surface area contributed by atoms with E-state index in [1.54, 1.807) is 60.7 Å². The fraction of sp³-hybridized carbons (Fsp3) is 0.294. The molecule has 10 heteroatoms. The van der Waals surface area contributed by atoms with Gasteiger partial charge in [0, 0.05) is 25.0 Å². The molecule has 0 atom stereocenters. The minimum absolute atomic E-state index is 0.305. The lowest BCUT2D eigenvalue weighted by atomic mass is 10.1. The van der Waals surface area contributed by atoms with Crippen LogP contribution in [0.25, 0.3) is 0 Å². The Kier molecular flexibility index (Phi) is 14.0. The van der Waals surface area contributed by atoms with Crippen LogP contribution in [0.3, 0.4) is 0 Å². The molecule has 0 N–H and O–H groups in total. The van der Waals surface area contributed by atoms with E-state index in [1.807, 2.05) is 0 Å². The molecule has 0 saturated heterocycles. The van der Waals surface area contributed by atoms with Gasteiger partial charge in [0.15, 0.2) is 0 Å². The summed E-state index contributed by atoms with van der Waals surface area (Å²) in [6.07, 6.45) is 9.01. The molecule has 0 spiro atoms. The topological polar surface area (TPSA) is 124 Å². The summed E-state index contributed by atoms with van der Waals surface area (Å²) in [5, 5.41) is 0. The van der Waals surface area contributed by atoms with Crippen LogP contribution >= 0.6 is 0 Å². The number of hydrogen-bond donors (Lipinski definition) is 0. The van der Waals surface area contributed by atoms with Crippen molar-refractivity contribution in [1.29, 1.82) is 0 Å². The van der Waals surface area contributed by atoms with E-state index in [1.165, 1.54) is 0 Å². The highest BCUT2D eigenvalue weighted by molar-refractivity contribution is 5.91. The van der Waals surface area contributed by atoms with Crippen LogP contribution in [0.2, 0.25) is 0 Å². The molecule has 1 aliphatic carbocycles. The molecule has 2 aromatic carbocycles. The highest BCUT2D eigenvalue weighted by Crippen LogP contribution is 2.23. The first kappa shape index (κ1) is 33.4. The van der Waals surface area contributed by atoms with Gasteiger partial charge in [-0.3, -0.25) is 0 Å². The highest BCUT2D eigenvalue weighted by Gasteiger charge is 2.17. The fourth-order valence-corrected chi connectivity index (χ4v) is 3.75. The molecule has 0 saturated carbocycles. The van der Waals surface area contributed by atoms with E-state index in [4.69, 9.17) is 28.4 Å². The number of hydrogen-bond acceptors (Lipinski definition) is 10. The Morgan fingerprint density at radius 2 is 0.932 bits per heavy atom. The Morgan fingerprint density at radius 3 is 1.27 bits per heavy atom. The number of rotatable bonds is 18. The molecule has 0 unspecified atom stereocenters. The lowest BCUT2D eigenvalue weighted by Crippen LogP contribution is -2.10. The average Bonchev–Trinajstić information content (AvgIpc) is 3.05. The van der Waals surface area contributed by atoms with Gasteiger partial charge in [0.05, 0.1) is 37.6 Å². The van der Waals surface area contributed by atoms with Crippen LogP contribution in [0.4, 0.5) is 0 Å². The second kappa shape index (κ2) is 18.4. The maximum absolute atomic E-state index is 12.6. The molecule has 10 nitrogen and oxygen atoms in total. The monoisotopic (exact) mass is 604 g/mol. The van der Waals surface area contributed by atoms with Crippen LogP contribution < -0.4 is 9.47 Å². The summed E-state index contributed by atoms with van der Waals surface area (Å²) in [5.74, 6) is 0.257. The average molecular weight is 605 g/mol. The maximum atomic E-state index is 12.6. The zero-order valence-corrected chi connectivity index (χ0v) is 24.5. The van der Waals surface area contributed by atoms with E-state index in [2.05, 4.69) is 13.2 Å². The third-order valence-corrected chi connectivity index (χ3v) is 6.14. The van der Waals surface area contributed by atoms with E-state index < -0.39 is 23.9 Å². The maximum Gasteiger partial charge on any atom is 0.343 e. The number of benzene rings is 2. The van der Waals surface area contributed by atoms with Crippen LogP contribution in [0.15, 0.2) is 97.5 Å². The zero-order chi connectivity index (χ0) is 31.6. The van der Waals surface area contributed by atoms with Crippen LogP contribution in [-0.4, -0.2) is 50.3 Å². The minimum Gasteiger partial charge on any atom is -0.494 e. The van der Waals surface area contributed by atoms with E-state index in [0.717, 1.165) is 12.2 Å². The van der Waals surface area contributed by atoms with Gasteiger partial charge in [-0.25, -0.2) is 19.2 Å². The van der Waals surface area contributed by atoms with Crippen molar-refractivity contribution < 1.29 is 47.6 Å². The first-order chi connectivity index (χ1) is 21.4. The number of esters is 4. The van der Waals surface area contributed by atoms with Crippen molar-refractivity contribution in [2.24, 2.45) is 0 Å². The molecular weight excluding hydrogens is 568 g/mol. The summed E-state index contributed by atoms with van der Waals surface area (Å²) in [7, 11) is 0. The molecule has 0 heterocycles. The van der Waals surface area contributed by atoms with Gasteiger partial charge in [0.25, 0.3) is 0 Å². The van der Waals surface area contributed by atoms with Crippen molar-refractivity contribution in [3.05, 3.63) is 109 Å². The molecule has 0 amide bonds. The minimum atomic E-state index is -0.501. The molecular formula is C34H36O10. The lowest BCUT2D eigenvalue weighted by molar-refractivity contribution is -0.138. The first-order valence-corrected chi connectivity index (χ1v) is 14.3. The number of allylic oxidation sites excluding steroid dienone is 4. The van der Waals surface area contributed by atoms with Gasteiger partial charge < -0.3 is 28.4 Å². The van der Waals surface area contributed by atoms with Crippen molar-refractivity contribution in [3.8, 4) is 11.5 Å². The number of carbonyl (C=O) groups excluding carboxylic acids is 4. The summed E-state index contributed by atoms with van der Waals surface area (Å²) in [6, 6.07) is 13.2. The molecule has 0 aliphatic heterocycles. The Labute approximate surface area is 256 Å². The van der Waals surface area contributed by atoms with E-state index >= 15 is 0 Å². The second-order valence-corrected chi connectivity index (χ2v) is 9.45. The first-order valence-electron chi connectivity index (χ1n) is 14.3. The summed E-state index contributed by atoms with van der Waals surface area (Å²) in [4.78, 5) is 47.1. The second-order valence-electron chi connectivity index (χ2n) is 9.45. The van der Waals surface area contributed by atoms with E-state index in [0.29, 0.717) is 99.1 Å². The number of unbranched alkanes of at least 4 members (excludes halogenated alkanes) is 2. The molecule has 0 aromatic heterocycles. The molecule has 0 fully saturated rings. The zero-order valence-electron chi connectivity index (χ0n) is 24.5. The molecule has 44 heavy (non-hydrogen) atoms. The van der Waals surface area contributed by atoms with Gasteiger partial charge >= 0.3 is 23.9 Å². The number of carbonyl (C=O) groups is 4. The van der Waals surface area contributed by atoms with Gasteiger partial charge in [0.1, 0.15) is 23.0 Å². The Hall–Kier alpha value is -5.12.